The summed E-state index contributed by atoms with van der Waals surface area (Å²) in [5.41, 5.74) is 1.50. The van der Waals surface area contributed by atoms with Crippen molar-refractivity contribution in [2.24, 2.45) is 5.92 Å². The summed E-state index contributed by atoms with van der Waals surface area (Å²) >= 11 is 12.5. The number of nitrogens with one attached hydrogen (secondary N) is 2. The molecule has 0 radical (unpaired) electrons. The third kappa shape index (κ3) is 7.49. The fraction of sp³-hybridized carbons (Fsp3) is 0.483. The largest absolute Gasteiger partial charge is 0.367 e. The van der Waals surface area contributed by atoms with Crippen molar-refractivity contribution in [3.63, 3.8) is 0 Å². The van der Waals surface area contributed by atoms with E-state index in [0.717, 1.165) is 16.8 Å². The molecule has 2 N–H and O–H groups in total. The number of rotatable bonds is 10. The van der Waals surface area contributed by atoms with Crippen molar-refractivity contribution >= 4 is 46.5 Å². The van der Waals surface area contributed by atoms with Crippen LogP contribution in [0, 0.1) is 5.92 Å². The molecule has 0 bridgehead atoms. The first-order chi connectivity index (χ1) is 17.9. The van der Waals surface area contributed by atoms with Gasteiger partial charge in [0.25, 0.3) is 0 Å². The van der Waals surface area contributed by atoms with Gasteiger partial charge in [0.15, 0.2) is 5.78 Å². The first kappa shape index (κ1) is 29.9. The van der Waals surface area contributed by atoms with Crippen molar-refractivity contribution in [2.75, 3.05) is 38.1 Å². The first-order valence-electron chi connectivity index (χ1n) is 13.0. The molecule has 7 nitrogen and oxygen atoms in total. The summed E-state index contributed by atoms with van der Waals surface area (Å²) in [6.07, 6.45) is 0.736. The van der Waals surface area contributed by atoms with Gasteiger partial charge in [-0.05, 0) is 56.6 Å². The van der Waals surface area contributed by atoms with Gasteiger partial charge in [0.2, 0.25) is 11.8 Å². The average molecular weight is 562 g/mol. The van der Waals surface area contributed by atoms with Gasteiger partial charge in [0.05, 0.1) is 5.54 Å². The van der Waals surface area contributed by atoms with E-state index in [0.29, 0.717) is 42.6 Å². The Bertz CT molecular complexity index is 1160. The van der Waals surface area contributed by atoms with Crippen LogP contribution in [0.3, 0.4) is 0 Å². The van der Waals surface area contributed by atoms with Crippen LogP contribution in [0.15, 0.2) is 42.5 Å². The molecule has 206 valence electrons. The maximum atomic E-state index is 13.7. The van der Waals surface area contributed by atoms with Gasteiger partial charge in [0, 0.05) is 60.3 Å². The minimum atomic E-state index is -0.854. The van der Waals surface area contributed by atoms with Gasteiger partial charge in [-0.3, -0.25) is 14.4 Å². The van der Waals surface area contributed by atoms with Crippen LogP contribution in [0.4, 0.5) is 5.69 Å². The molecular formula is C29H38Cl2N4O3. The molecular weight excluding hydrogens is 523 g/mol. The van der Waals surface area contributed by atoms with Gasteiger partial charge < -0.3 is 20.4 Å². The molecule has 38 heavy (non-hydrogen) atoms. The van der Waals surface area contributed by atoms with Gasteiger partial charge in [-0.2, -0.15) is 0 Å². The lowest BCUT2D eigenvalue weighted by Gasteiger charge is -2.38. The number of carbonyl (C=O) groups is 3. The number of hydrogen-bond donors (Lipinski definition) is 2. The van der Waals surface area contributed by atoms with Gasteiger partial charge in [-0.15, -0.1) is 0 Å². The van der Waals surface area contributed by atoms with E-state index < -0.39 is 11.6 Å². The quantitative estimate of drug-likeness (QED) is 0.415. The maximum absolute atomic E-state index is 13.7. The van der Waals surface area contributed by atoms with Crippen LogP contribution in [-0.2, 0) is 16.0 Å². The van der Waals surface area contributed by atoms with Crippen molar-refractivity contribution in [2.45, 2.75) is 52.1 Å². The van der Waals surface area contributed by atoms with Crippen LogP contribution in [0.25, 0.3) is 0 Å². The highest BCUT2D eigenvalue weighted by Gasteiger charge is 2.34. The number of piperazine rings is 1. The Hall–Kier alpha value is -2.61. The third-order valence-corrected chi connectivity index (χ3v) is 7.55. The zero-order chi connectivity index (χ0) is 28.0. The van der Waals surface area contributed by atoms with Crippen molar-refractivity contribution in [1.82, 2.24) is 15.5 Å². The Labute approximate surface area is 235 Å². The molecule has 9 heteroatoms. The van der Waals surface area contributed by atoms with Crippen molar-refractivity contribution in [3.05, 3.63) is 63.6 Å². The molecule has 1 heterocycles. The smallest absolute Gasteiger partial charge is 0.245 e. The van der Waals surface area contributed by atoms with E-state index in [1.807, 2.05) is 38.1 Å². The van der Waals surface area contributed by atoms with Gasteiger partial charge >= 0.3 is 0 Å². The molecule has 1 fully saturated rings. The molecule has 0 spiro atoms. The fourth-order valence-corrected chi connectivity index (χ4v) is 4.90. The summed E-state index contributed by atoms with van der Waals surface area (Å²) in [4.78, 5) is 43.5. The lowest BCUT2D eigenvalue weighted by Crippen LogP contribution is -2.60. The summed E-state index contributed by atoms with van der Waals surface area (Å²) < 4.78 is 0. The van der Waals surface area contributed by atoms with E-state index in [-0.39, 0.29) is 29.9 Å². The van der Waals surface area contributed by atoms with Gasteiger partial charge in [0.1, 0.15) is 6.04 Å². The Morgan fingerprint density at radius 2 is 1.66 bits per heavy atom. The number of amides is 2. The lowest BCUT2D eigenvalue weighted by molar-refractivity contribution is -0.138. The number of likely N-dealkylation sites (N-methyl/N-ethyl adjacent to an activating group) is 1. The number of carbonyl (C=O) groups excluding carboxylic acids is 3. The maximum Gasteiger partial charge on any atom is 0.245 e. The van der Waals surface area contributed by atoms with E-state index in [1.54, 1.807) is 44.0 Å². The van der Waals surface area contributed by atoms with Gasteiger partial charge in [-0.25, -0.2) is 0 Å². The second-order valence-electron chi connectivity index (χ2n) is 10.7. The van der Waals surface area contributed by atoms with Crippen molar-refractivity contribution in [3.8, 4) is 0 Å². The molecule has 2 aromatic carbocycles. The Kier molecular flexibility index (Phi) is 10.2. The van der Waals surface area contributed by atoms with E-state index in [1.165, 1.54) is 0 Å². The summed E-state index contributed by atoms with van der Waals surface area (Å²) in [5, 5.41) is 6.87. The topological polar surface area (TPSA) is 81.8 Å². The monoisotopic (exact) mass is 560 g/mol. The van der Waals surface area contributed by atoms with Crippen LogP contribution in [0.5, 0.6) is 0 Å². The number of ketones is 1. The summed E-state index contributed by atoms with van der Waals surface area (Å²) in [5.74, 6) is -0.0391. The third-order valence-electron chi connectivity index (χ3n) is 6.97. The molecule has 1 aliphatic rings. The van der Waals surface area contributed by atoms with Crippen LogP contribution in [0.2, 0.25) is 10.0 Å². The van der Waals surface area contributed by atoms with Gasteiger partial charge in [-0.1, -0.05) is 55.2 Å². The molecule has 2 amide bonds. The molecule has 1 aliphatic heterocycles. The van der Waals surface area contributed by atoms with Crippen LogP contribution >= 0.6 is 23.2 Å². The number of Topliss-reactive ketones (excluding diaryl/α,β-unsaturated/α-hetero) is 1. The van der Waals surface area contributed by atoms with E-state index in [4.69, 9.17) is 23.2 Å². The second-order valence-corrected chi connectivity index (χ2v) is 11.5. The number of benzene rings is 2. The highest BCUT2D eigenvalue weighted by atomic mass is 35.5. The summed E-state index contributed by atoms with van der Waals surface area (Å²) in [6, 6.07) is 12.0. The number of halogens is 2. The van der Waals surface area contributed by atoms with Crippen molar-refractivity contribution in [1.29, 1.82) is 0 Å². The molecule has 1 atom stereocenters. The van der Waals surface area contributed by atoms with Crippen LogP contribution in [-0.4, -0.2) is 67.3 Å². The predicted octanol–water partition coefficient (Wildman–Crippen LogP) is 4.60. The zero-order valence-corrected chi connectivity index (χ0v) is 24.3. The number of hydrogen-bond acceptors (Lipinski definition) is 5. The number of para-hydroxylation sites is 1. The lowest BCUT2D eigenvalue weighted by atomic mass is 9.99. The molecule has 0 aromatic heterocycles. The molecule has 0 unspecified atom stereocenters. The summed E-state index contributed by atoms with van der Waals surface area (Å²) in [7, 11) is 1.70. The summed E-state index contributed by atoms with van der Waals surface area (Å²) in [6.45, 7) is 9.71. The fourth-order valence-electron chi connectivity index (χ4n) is 4.41. The highest BCUT2D eigenvalue weighted by Crippen LogP contribution is 2.26. The van der Waals surface area contributed by atoms with E-state index in [9.17, 15) is 14.4 Å². The zero-order valence-electron chi connectivity index (χ0n) is 22.8. The molecule has 2 aromatic rings. The van der Waals surface area contributed by atoms with Crippen LogP contribution < -0.4 is 15.5 Å². The Morgan fingerprint density at radius 1 is 1.00 bits per heavy atom. The van der Waals surface area contributed by atoms with Crippen LogP contribution in [0.1, 0.15) is 50.0 Å². The first-order valence-corrected chi connectivity index (χ1v) is 13.8. The molecule has 1 saturated heterocycles. The highest BCUT2D eigenvalue weighted by molar-refractivity contribution is 6.35. The molecule has 3 rings (SSSR count). The Balaban J connectivity index is 1.76. The second kappa shape index (κ2) is 13.0. The normalized spacial score (nSPS) is 14.9. The van der Waals surface area contributed by atoms with E-state index in [2.05, 4.69) is 15.5 Å². The average Bonchev–Trinajstić information content (AvgIpc) is 2.88. The number of nitrogens with zero attached hydrogens (tertiary/aromatic N) is 2. The standard InChI is InChI=1S/C29H38Cl2N4O3/c1-19(2)16-26(36)22-8-6-7-9-25(22)34-12-14-35(15-13-34)27(37)24(33-28(38)29(3,4)32-5)17-20-10-11-21(30)18-23(20)31/h6-11,18-19,24,32H,12-17H2,1-5H3,(H,33,38)/t24-/m1/s1. The SMILES string of the molecule is CNC(C)(C)C(=O)N[C@H](Cc1ccc(Cl)cc1Cl)C(=O)N1CCN(c2ccccc2C(=O)CC(C)C)CC1. The minimum absolute atomic E-state index is 0.129. The number of anilines is 1. The Morgan fingerprint density at radius 3 is 2.26 bits per heavy atom. The van der Waals surface area contributed by atoms with Crippen molar-refractivity contribution < 1.29 is 14.4 Å². The molecule has 0 aliphatic carbocycles. The molecule has 0 saturated carbocycles. The van der Waals surface area contributed by atoms with E-state index >= 15 is 0 Å². The minimum Gasteiger partial charge on any atom is -0.367 e. The predicted molar refractivity (Wildman–Crippen MR) is 154 cm³/mol.